The quantitative estimate of drug-likeness (QED) is 0.753. The lowest BCUT2D eigenvalue weighted by atomic mass is 9.71. The lowest BCUT2D eigenvalue weighted by Crippen LogP contribution is -2.38. The molecule has 0 aromatic heterocycles. The monoisotopic (exact) mass is 350 g/mol. The number of carbonyl (C=O) groups excluding carboxylic acids is 1. The molecule has 2 rings (SSSR count). The summed E-state index contributed by atoms with van der Waals surface area (Å²) in [5.41, 5.74) is 6.84. The minimum atomic E-state index is -0.0301. The fourth-order valence-electron chi connectivity index (χ4n) is 3.60. The van der Waals surface area contributed by atoms with Crippen LogP contribution in [0.2, 0.25) is 0 Å². The maximum atomic E-state index is 12.4. The van der Waals surface area contributed by atoms with Gasteiger partial charge < -0.3 is 25.3 Å². The van der Waals surface area contributed by atoms with Crippen molar-refractivity contribution in [3.8, 4) is 17.2 Å². The van der Waals surface area contributed by atoms with Gasteiger partial charge in [-0.25, -0.2) is 0 Å². The molecule has 6 heteroatoms. The molecule has 25 heavy (non-hydrogen) atoms. The van der Waals surface area contributed by atoms with Crippen LogP contribution in [-0.2, 0) is 11.3 Å². The highest BCUT2D eigenvalue weighted by Gasteiger charge is 2.32. The van der Waals surface area contributed by atoms with E-state index in [4.69, 9.17) is 19.9 Å². The Balaban J connectivity index is 2.01. The first kappa shape index (κ1) is 19.4. The summed E-state index contributed by atoms with van der Waals surface area (Å²) in [6.07, 6.45) is 6.15. The van der Waals surface area contributed by atoms with Gasteiger partial charge in [-0.2, -0.15) is 0 Å². The average Bonchev–Trinajstić information content (AvgIpc) is 2.66. The molecular formula is C19H30N2O4. The number of hydrogen-bond donors (Lipinski definition) is 2. The molecule has 1 aliphatic carbocycles. The van der Waals surface area contributed by atoms with Crippen LogP contribution < -0.4 is 25.3 Å². The smallest absolute Gasteiger partial charge is 0.220 e. The predicted octanol–water partition coefficient (Wildman–Crippen LogP) is 2.63. The molecule has 3 N–H and O–H groups in total. The predicted molar refractivity (Wildman–Crippen MR) is 97.1 cm³/mol. The maximum Gasteiger partial charge on any atom is 0.220 e. The lowest BCUT2D eigenvalue weighted by Gasteiger charge is -2.35. The van der Waals surface area contributed by atoms with Crippen LogP contribution in [0, 0.1) is 5.41 Å². The first-order valence-corrected chi connectivity index (χ1v) is 8.83. The number of hydrogen-bond acceptors (Lipinski definition) is 5. The molecule has 1 saturated carbocycles. The van der Waals surface area contributed by atoms with E-state index in [1.807, 2.05) is 12.1 Å². The van der Waals surface area contributed by atoms with Gasteiger partial charge in [0.25, 0.3) is 0 Å². The molecule has 140 valence electrons. The van der Waals surface area contributed by atoms with Gasteiger partial charge in [0.1, 0.15) is 0 Å². The summed E-state index contributed by atoms with van der Waals surface area (Å²) in [6.45, 7) is 0.987. The van der Waals surface area contributed by atoms with E-state index >= 15 is 0 Å². The van der Waals surface area contributed by atoms with Crippen molar-refractivity contribution in [3.63, 3.8) is 0 Å². The number of carbonyl (C=O) groups is 1. The van der Waals surface area contributed by atoms with E-state index in [0.717, 1.165) is 31.2 Å². The molecule has 0 saturated heterocycles. The third kappa shape index (κ3) is 4.78. The van der Waals surface area contributed by atoms with Crippen LogP contribution in [0.4, 0.5) is 0 Å². The van der Waals surface area contributed by atoms with Gasteiger partial charge in [-0.05, 0) is 42.5 Å². The molecule has 1 aromatic rings. The molecular weight excluding hydrogens is 320 g/mol. The Morgan fingerprint density at radius 1 is 1.08 bits per heavy atom. The molecule has 1 amide bonds. The van der Waals surface area contributed by atoms with E-state index in [9.17, 15) is 4.79 Å². The summed E-state index contributed by atoms with van der Waals surface area (Å²) in [5, 5.41) is 3.00. The largest absolute Gasteiger partial charge is 0.493 e. The fraction of sp³-hybridized carbons (Fsp3) is 0.632. The first-order chi connectivity index (χ1) is 12.1. The van der Waals surface area contributed by atoms with E-state index in [1.54, 1.807) is 21.3 Å². The first-order valence-electron chi connectivity index (χ1n) is 8.83. The molecule has 0 bridgehead atoms. The highest BCUT2D eigenvalue weighted by Crippen LogP contribution is 2.39. The summed E-state index contributed by atoms with van der Waals surface area (Å²) >= 11 is 0. The number of ether oxygens (including phenoxy) is 3. The SMILES string of the molecule is COc1cc(CNC(=O)CC2(CN)CCCCC2)cc(OC)c1OC. The number of nitrogens with two attached hydrogens (primary N) is 1. The van der Waals surface area contributed by atoms with Crippen LogP contribution in [0.25, 0.3) is 0 Å². The summed E-state index contributed by atoms with van der Waals surface area (Å²) in [5.74, 6) is 1.75. The average molecular weight is 350 g/mol. The van der Waals surface area contributed by atoms with Crippen molar-refractivity contribution < 1.29 is 19.0 Å². The Morgan fingerprint density at radius 2 is 1.68 bits per heavy atom. The lowest BCUT2D eigenvalue weighted by molar-refractivity contribution is -0.124. The summed E-state index contributed by atoms with van der Waals surface area (Å²) in [6, 6.07) is 3.70. The molecule has 1 fully saturated rings. The highest BCUT2D eigenvalue weighted by atomic mass is 16.5. The van der Waals surface area contributed by atoms with Crippen LogP contribution in [-0.4, -0.2) is 33.8 Å². The van der Waals surface area contributed by atoms with E-state index in [1.165, 1.54) is 6.42 Å². The van der Waals surface area contributed by atoms with Crippen molar-refractivity contribution in [2.24, 2.45) is 11.1 Å². The van der Waals surface area contributed by atoms with Gasteiger partial charge in [0.15, 0.2) is 11.5 Å². The number of amides is 1. The van der Waals surface area contributed by atoms with Crippen LogP contribution in [0.1, 0.15) is 44.1 Å². The van der Waals surface area contributed by atoms with Gasteiger partial charge in [-0.1, -0.05) is 19.3 Å². The second-order valence-electron chi connectivity index (χ2n) is 6.75. The summed E-state index contributed by atoms with van der Waals surface area (Å²) < 4.78 is 16.0. The van der Waals surface area contributed by atoms with Gasteiger partial charge in [0.05, 0.1) is 21.3 Å². The van der Waals surface area contributed by atoms with Crippen LogP contribution >= 0.6 is 0 Å². The van der Waals surface area contributed by atoms with Crippen molar-refractivity contribution in [2.45, 2.75) is 45.1 Å². The molecule has 0 atom stereocenters. The third-order valence-corrected chi connectivity index (χ3v) is 5.10. The Labute approximate surface area is 150 Å². The number of rotatable bonds is 8. The normalized spacial score (nSPS) is 16.2. The number of benzene rings is 1. The zero-order valence-electron chi connectivity index (χ0n) is 15.5. The number of nitrogens with one attached hydrogen (secondary N) is 1. The Bertz CT molecular complexity index is 558. The zero-order valence-corrected chi connectivity index (χ0v) is 15.5. The van der Waals surface area contributed by atoms with Crippen molar-refractivity contribution in [2.75, 3.05) is 27.9 Å². The topological polar surface area (TPSA) is 82.8 Å². The second-order valence-corrected chi connectivity index (χ2v) is 6.75. The van der Waals surface area contributed by atoms with Gasteiger partial charge >= 0.3 is 0 Å². The number of methoxy groups -OCH3 is 3. The molecule has 0 radical (unpaired) electrons. The van der Waals surface area contributed by atoms with Crippen molar-refractivity contribution in [3.05, 3.63) is 17.7 Å². The van der Waals surface area contributed by atoms with Crippen LogP contribution in [0.5, 0.6) is 17.2 Å². The third-order valence-electron chi connectivity index (χ3n) is 5.10. The standard InChI is InChI=1S/C19H30N2O4/c1-23-15-9-14(10-16(24-2)18(15)25-3)12-21-17(22)11-19(13-20)7-5-4-6-8-19/h9-10H,4-8,11-13,20H2,1-3H3,(H,21,22). The van der Waals surface area contributed by atoms with Crippen molar-refractivity contribution in [1.29, 1.82) is 0 Å². The van der Waals surface area contributed by atoms with E-state index in [-0.39, 0.29) is 11.3 Å². The minimum Gasteiger partial charge on any atom is -0.493 e. The fourth-order valence-corrected chi connectivity index (χ4v) is 3.60. The van der Waals surface area contributed by atoms with Gasteiger partial charge in [-0.3, -0.25) is 4.79 Å². The van der Waals surface area contributed by atoms with Crippen molar-refractivity contribution in [1.82, 2.24) is 5.32 Å². The zero-order chi connectivity index (χ0) is 18.3. The molecule has 6 nitrogen and oxygen atoms in total. The molecule has 0 unspecified atom stereocenters. The highest BCUT2D eigenvalue weighted by molar-refractivity contribution is 5.76. The molecule has 0 heterocycles. The minimum absolute atomic E-state index is 0.0301. The Morgan fingerprint density at radius 3 is 2.16 bits per heavy atom. The molecule has 0 spiro atoms. The Hall–Kier alpha value is -1.95. The van der Waals surface area contributed by atoms with Crippen LogP contribution in [0.15, 0.2) is 12.1 Å². The van der Waals surface area contributed by atoms with Gasteiger partial charge in [0, 0.05) is 13.0 Å². The van der Waals surface area contributed by atoms with Crippen LogP contribution in [0.3, 0.4) is 0 Å². The van der Waals surface area contributed by atoms with E-state index < -0.39 is 0 Å². The van der Waals surface area contributed by atoms with E-state index in [2.05, 4.69) is 5.32 Å². The molecule has 1 aromatic carbocycles. The summed E-state index contributed by atoms with van der Waals surface area (Å²) in [4.78, 5) is 12.4. The molecule has 1 aliphatic rings. The van der Waals surface area contributed by atoms with E-state index in [0.29, 0.717) is 36.8 Å². The second kappa shape index (κ2) is 8.94. The Kier molecular flexibility index (Phi) is 6.93. The van der Waals surface area contributed by atoms with Crippen molar-refractivity contribution >= 4 is 5.91 Å². The summed E-state index contributed by atoms with van der Waals surface area (Å²) in [7, 11) is 4.72. The van der Waals surface area contributed by atoms with Gasteiger partial charge in [0.2, 0.25) is 11.7 Å². The maximum absolute atomic E-state index is 12.4. The van der Waals surface area contributed by atoms with Gasteiger partial charge in [-0.15, -0.1) is 0 Å². The molecule has 0 aliphatic heterocycles.